The molecule has 4 nitrogen and oxygen atoms in total. The lowest BCUT2D eigenvalue weighted by Gasteiger charge is -2.35. The lowest BCUT2D eigenvalue weighted by molar-refractivity contribution is 0.0552. The van der Waals surface area contributed by atoms with Gasteiger partial charge in [0, 0.05) is 27.9 Å². The normalized spacial score (nSPS) is 12.9. The summed E-state index contributed by atoms with van der Waals surface area (Å²) in [6, 6.07) is 0. The summed E-state index contributed by atoms with van der Waals surface area (Å²) in [6.07, 6.45) is 0. The largest absolute Gasteiger partial charge is 0.598 e. The molecule has 14 heavy (non-hydrogen) atoms. The van der Waals surface area contributed by atoms with Gasteiger partial charge in [0.15, 0.2) is 0 Å². The van der Waals surface area contributed by atoms with Crippen molar-refractivity contribution >= 4 is 8.97 Å². The average Bonchev–Trinajstić information content (AvgIpc) is 2.19. The van der Waals surface area contributed by atoms with Crippen LogP contribution in [0, 0.1) is 5.92 Å². The van der Waals surface area contributed by atoms with Crippen LogP contribution in [-0.2, 0) is 13.3 Å². The van der Waals surface area contributed by atoms with Gasteiger partial charge in [-0.2, -0.15) is 0 Å². The maximum atomic E-state index is 5.41. The van der Waals surface area contributed by atoms with E-state index in [0.29, 0.717) is 5.92 Å². The molecular formula is C9H23NO3Si. The molecule has 0 aliphatic carbocycles. The highest BCUT2D eigenvalue weighted by Gasteiger charge is 2.45. The lowest BCUT2D eigenvalue weighted by Crippen LogP contribution is -2.60. The van der Waals surface area contributed by atoms with Crippen LogP contribution in [0.2, 0.25) is 0 Å². The van der Waals surface area contributed by atoms with Gasteiger partial charge in [-0.1, -0.05) is 20.8 Å². The second kappa shape index (κ2) is 6.52. The molecule has 0 amide bonds. The molecule has 0 unspecified atom stereocenters. The average molecular weight is 221 g/mol. The minimum Gasteiger partial charge on any atom is -0.364 e. The first-order valence-electron chi connectivity index (χ1n) is 4.96. The van der Waals surface area contributed by atoms with Crippen LogP contribution < -0.4 is 0 Å². The van der Waals surface area contributed by atoms with Crippen LogP contribution in [0.4, 0.5) is 0 Å². The molecule has 0 aromatic carbocycles. The zero-order valence-corrected chi connectivity index (χ0v) is 11.2. The Morgan fingerprint density at radius 2 is 1.50 bits per heavy atom. The maximum Gasteiger partial charge on any atom is 0.598 e. The summed E-state index contributed by atoms with van der Waals surface area (Å²) >= 11 is 0. The molecule has 0 atom stereocenters. The highest BCUT2D eigenvalue weighted by Crippen LogP contribution is 2.14. The summed E-state index contributed by atoms with van der Waals surface area (Å²) < 4.78 is 18.4. The third kappa shape index (κ3) is 3.32. The van der Waals surface area contributed by atoms with Gasteiger partial charge in [-0.15, -0.1) is 0 Å². The van der Waals surface area contributed by atoms with Crippen molar-refractivity contribution in [3.05, 3.63) is 0 Å². The first-order valence-corrected chi connectivity index (χ1v) is 6.64. The van der Waals surface area contributed by atoms with Crippen molar-refractivity contribution in [3.63, 3.8) is 0 Å². The van der Waals surface area contributed by atoms with E-state index in [2.05, 4.69) is 25.3 Å². The second-order valence-electron chi connectivity index (χ2n) is 3.57. The van der Waals surface area contributed by atoms with E-state index >= 15 is 0 Å². The highest BCUT2D eigenvalue weighted by molar-refractivity contribution is 6.57. The molecule has 0 fully saturated rings. The fourth-order valence-electron chi connectivity index (χ4n) is 1.51. The molecule has 0 rings (SSSR count). The van der Waals surface area contributed by atoms with Gasteiger partial charge < -0.3 is 13.3 Å². The molecule has 5 heteroatoms. The summed E-state index contributed by atoms with van der Waals surface area (Å²) in [7, 11) is 2.35. The number of hydrogen-bond acceptors (Lipinski definition) is 4. The first kappa shape index (κ1) is 14.1. The third-order valence-electron chi connectivity index (χ3n) is 2.13. The van der Waals surface area contributed by atoms with Crippen LogP contribution in [0.5, 0.6) is 0 Å². The molecule has 0 aromatic rings. The van der Waals surface area contributed by atoms with Crippen LogP contribution in [0.15, 0.2) is 0 Å². The summed E-state index contributed by atoms with van der Waals surface area (Å²) in [6.45, 7) is 8.23. The Labute approximate surface area is 88.6 Å². The third-order valence-corrected chi connectivity index (χ3v) is 4.95. The van der Waals surface area contributed by atoms with Crippen molar-refractivity contribution in [1.29, 1.82) is 0 Å². The number of nitrogens with zero attached hydrogens (tertiary/aromatic N) is 1. The van der Waals surface area contributed by atoms with Gasteiger partial charge in [0.05, 0.1) is 0 Å². The van der Waals surface area contributed by atoms with E-state index in [1.807, 2.05) is 0 Å². The van der Waals surface area contributed by atoms with Crippen molar-refractivity contribution in [3.8, 4) is 0 Å². The predicted octanol–water partition coefficient (Wildman–Crippen LogP) is 1.34. The fraction of sp³-hybridized carbons (Fsp3) is 1.00. The van der Waals surface area contributed by atoms with E-state index < -0.39 is 8.97 Å². The monoisotopic (exact) mass is 221 g/mol. The van der Waals surface area contributed by atoms with Gasteiger partial charge in [0.1, 0.15) is 0 Å². The predicted molar refractivity (Wildman–Crippen MR) is 58.9 cm³/mol. The van der Waals surface area contributed by atoms with Crippen LogP contribution in [0.3, 0.4) is 0 Å². The molecule has 0 aliphatic heterocycles. The van der Waals surface area contributed by atoms with Gasteiger partial charge in [0.25, 0.3) is 0 Å². The molecule has 0 bridgehead atoms. The van der Waals surface area contributed by atoms with E-state index in [0.717, 1.165) is 13.1 Å². The maximum absolute atomic E-state index is 5.41. The SMILES string of the molecule is CCN(CC(C)C)[Si](OC)(OC)OC. The van der Waals surface area contributed by atoms with E-state index in [1.54, 1.807) is 21.3 Å². The van der Waals surface area contributed by atoms with Crippen molar-refractivity contribution in [2.24, 2.45) is 5.92 Å². The van der Waals surface area contributed by atoms with Crippen molar-refractivity contribution in [1.82, 2.24) is 4.57 Å². The van der Waals surface area contributed by atoms with Crippen molar-refractivity contribution < 1.29 is 13.3 Å². The minimum absolute atomic E-state index is 0.572. The van der Waals surface area contributed by atoms with E-state index in [4.69, 9.17) is 13.3 Å². The van der Waals surface area contributed by atoms with Gasteiger partial charge in [0.2, 0.25) is 0 Å². The lowest BCUT2D eigenvalue weighted by atomic mass is 10.2. The van der Waals surface area contributed by atoms with Crippen LogP contribution in [0.25, 0.3) is 0 Å². The molecule has 0 heterocycles. The van der Waals surface area contributed by atoms with E-state index in [-0.39, 0.29) is 0 Å². The quantitative estimate of drug-likeness (QED) is 0.607. The summed E-state index contributed by atoms with van der Waals surface area (Å²) in [5, 5.41) is 0. The fourth-order valence-corrected chi connectivity index (χ4v) is 3.76. The molecule has 0 radical (unpaired) electrons. The Kier molecular flexibility index (Phi) is 6.55. The molecule has 0 saturated carbocycles. The summed E-state index contributed by atoms with van der Waals surface area (Å²) in [5.74, 6) is 0.572. The zero-order valence-electron chi connectivity index (χ0n) is 10.2. The topological polar surface area (TPSA) is 30.9 Å². The number of hydrogen-bond donors (Lipinski definition) is 0. The Balaban J connectivity index is 4.56. The zero-order chi connectivity index (χ0) is 11.2. The van der Waals surface area contributed by atoms with Gasteiger partial charge in [-0.3, -0.25) is 4.57 Å². The Hall–Kier alpha value is 0.0569. The first-order chi connectivity index (χ1) is 6.56. The molecule has 0 aromatic heterocycles. The summed E-state index contributed by atoms with van der Waals surface area (Å²) in [4.78, 5) is 0. The van der Waals surface area contributed by atoms with Gasteiger partial charge >= 0.3 is 8.97 Å². The minimum atomic E-state index is -2.58. The second-order valence-corrected chi connectivity index (χ2v) is 6.47. The van der Waals surface area contributed by atoms with Gasteiger partial charge in [-0.25, -0.2) is 0 Å². The van der Waals surface area contributed by atoms with Crippen molar-refractivity contribution in [2.75, 3.05) is 34.4 Å². The number of rotatable bonds is 7. The molecule has 86 valence electrons. The van der Waals surface area contributed by atoms with Crippen LogP contribution >= 0.6 is 0 Å². The highest BCUT2D eigenvalue weighted by atomic mass is 28.4. The summed E-state index contributed by atoms with van der Waals surface area (Å²) in [5.41, 5.74) is 0. The van der Waals surface area contributed by atoms with Crippen LogP contribution in [-0.4, -0.2) is 48.0 Å². The Bertz CT molecular complexity index is 143. The molecule has 0 spiro atoms. The Morgan fingerprint density at radius 1 is 1.07 bits per heavy atom. The molecule has 0 aliphatic rings. The van der Waals surface area contributed by atoms with Gasteiger partial charge in [-0.05, 0) is 12.5 Å². The molecule has 0 N–H and O–H groups in total. The smallest absolute Gasteiger partial charge is 0.364 e. The Morgan fingerprint density at radius 3 is 1.71 bits per heavy atom. The molecule has 0 saturated heterocycles. The van der Waals surface area contributed by atoms with Crippen molar-refractivity contribution in [2.45, 2.75) is 20.8 Å². The standard InChI is InChI=1S/C9H23NO3Si/c1-7-10(8-9(2)3)14(11-4,12-5)13-6/h9H,7-8H2,1-6H3. The van der Waals surface area contributed by atoms with Crippen LogP contribution in [0.1, 0.15) is 20.8 Å². The van der Waals surface area contributed by atoms with E-state index in [1.165, 1.54) is 0 Å². The molecular weight excluding hydrogens is 198 g/mol. The van der Waals surface area contributed by atoms with E-state index in [9.17, 15) is 0 Å².